The Morgan fingerprint density at radius 2 is 2.17 bits per heavy atom. The van der Waals surface area contributed by atoms with Crippen LogP contribution in [0, 0.1) is 5.92 Å². The Labute approximate surface area is 110 Å². The number of hydrogen-bond donors (Lipinski definition) is 1. The third kappa shape index (κ3) is 4.26. The molecule has 0 radical (unpaired) electrons. The van der Waals surface area contributed by atoms with Crippen LogP contribution >= 0.6 is 0 Å². The van der Waals surface area contributed by atoms with E-state index in [9.17, 15) is 4.79 Å². The SMILES string of the molecule is CC(C)Cc1cccc(C(=O)CCNC2CC2)c1. The predicted molar refractivity (Wildman–Crippen MR) is 75.0 cm³/mol. The van der Waals surface area contributed by atoms with Gasteiger partial charge in [-0.2, -0.15) is 0 Å². The van der Waals surface area contributed by atoms with Crippen LogP contribution in [-0.2, 0) is 6.42 Å². The molecule has 1 fully saturated rings. The number of rotatable bonds is 7. The smallest absolute Gasteiger partial charge is 0.164 e. The summed E-state index contributed by atoms with van der Waals surface area (Å²) in [5.41, 5.74) is 2.14. The summed E-state index contributed by atoms with van der Waals surface area (Å²) in [6.07, 6.45) is 4.21. The number of ketones is 1. The van der Waals surface area contributed by atoms with Gasteiger partial charge >= 0.3 is 0 Å². The summed E-state index contributed by atoms with van der Waals surface area (Å²) in [4.78, 5) is 12.0. The van der Waals surface area contributed by atoms with Crippen LogP contribution < -0.4 is 5.32 Å². The first-order valence-electron chi connectivity index (χ1n) is 7.00. The molecule has 0 aliphatic heterocycles. The van der Waals surface area contributed by atoms with Crippen LogP contribution in [-0.4, -0.2) is 18.4 Å². The Bertz CT molecular complexity index is 407. The topological polar surface area (TPSA) is 29.1 Å². The summed E-state index contributed by atoms with van der Waals surface area (Å²) in [5.74, 6) is 0.889. The molecule has 0 unspecified atom stereocenters. The van der Waals surface area contributed by atoms with Crippen molar-refractivity contribution in [1.82, 2.24) is 5.32 Å². The van der Waals surface area contributed by atoms with Crippen molar-refractivity contribution >= 4 is 5.78 Å². The first kappa shape index (κ1) is 13.3. The lowest BCUT2D eigenvalue weighted by Crippen LogP contribution is -2.20. The van der Waals surface area contributed by atoms with Gasteiger partial charge in [-0.3, -0.25) is 4.79 Å². The van der Waals surface area contributed by atoms with E-state index in [2.05, 4.69) is 31.3 Å². The minimum absolute atomic E-state index is 0.258. The molecule has 1 aromatic carbocycles. The molecule has 0 heterocycles. The van der Waals surface area contributed by atoms with Crippen molar-refractivity contribution in [3.05, 3.63) is 35.4 Å². The van der Waals surface area contributed by atoms with Crippen LogP contribution in [0.25, 0.3) is 0 Å². The van der Waals surface area contributed by atoms with Gasteiger partial charge in [-0.1, -0.05) is 32.0 Å². The third-order valence-corrected chi connectivity index (χ3v) is 3.26. The summed E-state index contributed by atoms with van der Waals surface area (Å²) in [7, 11) is 0. The second-order valence-electron chi connectivity index (χ2n) is 5.70. The number of carbonyl (C=O) groups excluding carboxylic acids is 1. The van der Waals surface area contributed by atoms with Crippen molar-refractivity contribution in [2.24, 2.45) is 5.92 Å². The zero-order valence-corrected chi connectivity index (χ0v) is 11.4. The Hall–Kier alpha value is -1.15. The highest BCUT2D eigenvalue weighted by molar-refractivity contribution is 5.96. The number of Topliss-reactive ketones (excluding diaryl/α,β-unsaturated/α-hetero) is 1. The number of carbonyl (C=O) groups is 1. The van der Waals surface area contributed by atoms with Crippen molar-refractivity contribution in [1.29, 1.82) is 0 Å². The van der Waals surface area contributed by atoms with Gasteiger partial charge in [0.2, 0.25) is 0 Å². The normalized spacial score (nSPS) is 15.1. The van der Waals surface area contributed by atoms with E-state index in [1.807, 2.05) is 12.1 Å². The molecular weight excluding hydrogens is 222 g/mol. The van der Waals surface area contributed by atoms with Crippen LogP contribution in [0.4, 0.5) is 0 Å². The Kier molecular flexibility index (Phi) is 4.54. The number of nitrogens with one attached hydrogen (secondary N) is 1. The maximum absolute atomic E-state index is 12.0. The summed E-state index contributed by atoms with van der Waals surface area (Å²) in [6.45, 7) is 5.22. The van der Waals surface area contributed by atoms with E-state index in [-0.39, 0.29) is 5.78 Å². The lowest BCUT2D eigenvalue weighted by molar-refractivity contribution is 0.0982. The largest absolute Gasteiger partial charge is 0.314 e. The van der Waals surface area contributed by atoms with Gasteiger partial charge in [-0.25, -0.2) is 0 Å². The molecule has 1 saturated carbocycles. The molecule has 0 bridgehead atoms. The average molecular weight is 245 g/mol. The molecule has 1 aliphatic rings. The van der Waals surface area contributed by atoms with Gasteiger partial charge in [0.25, 0.3) is 0 Å². The van der Waals surface area contributed by atoms with Crippen molar-refractivity contribution in [3.63, 3.8) is 0 Å². The highest BCUT2D eigenvalue weighted by Crippen LogP contribution is 2.18. The van der Waals surface area contributed by atoms with Crippen molar-refractivity contribution in [2.45, 2.75) is 45.6 Å². The molecule has 2 nitrogen and oxygen atoms in total. The summed E-state index contributed by atoms with van der Waals surface area (Å²) < 4.78 is 0. The van der Waals surface area contributed by atoms with Gasteiger partial charge in [0, 0.05) is 24.6 Å². The van der Waals surface area contributed by atoms with Crippen LogP contribution in [0.2, 0.25) is 0 Å². The van der Waals surface area contributed by atoms with Crippen LogP contribution in [0.3, 0.4) is 0 Å². The number of benzene rings is 1. The minimum atomic E-state index is 0.258. The van der Waals surface area contributed by atoms with E-state index >= 15 is 0 Å². The fraction of sp³-hybridized carbons (Fsp3) is 0.562. The van der Waals surface area contributed by atoms with Gasteiger partial charge in [-0.15, -0.1) is 0 Å². The molecule has 18 heavy (non-hydrogen) atoms. The molecule has 1 aromatic rings. The molecule has 0 spiro atoms. The first-order valence-corrected chi connectivity index (χ1v) is 7.00. The van der Waals surface area contributed by atoms with Gasteiger partial charge in [0.15, 0.2) is 5.78 Å². The molecule has 0 aromatic heterocycles. The van der Waals surface area contributed by atoms with Gasteiger partial charge < -0.3 is 5.32 Å². The second kappa shape index (κ2) is 6.14. The number of hydrogen-bond acceptors (Lipinski definition) is 2. The van der Waals surface area contributed by atoms with Gasteiger partial charge in [-0.05, 0) is 36.8 Å². The predicted octanol–water partition coefficient (Wildman–Crippen LogP) is 3.21. The molecular formula is C16H23NO. The zero-order chi connectivity index (χ0) is 13.0. The highest BCUT2D eigenvalue weighted by Gasteiger charge is 2.20. The molecule has 2 rings (SSSR count). The summed E-state index contributed by atoms with van der Waals surface area (Å²) >= 11 is 0. The van der Waals surface area contributed by atoms with E-state index < -0.39 is 0 Å². The van der Waals surface area contributed by atoms with E-state index in [1.165, 1.54) is 18.4 Å². The van der Waals surface area contributed by atoms with Crippen molar-refractivity contribution in [2.75, 3.05) is 6.54 Å². The summed E-state index contributed by atoms with van der Waals surface area (Å²) in [6, 6.07) is 8.78. The molecule has 2 heteroatoms. The van der Waals surface area contributed by atoms with Crippen molar-refractivity contribution in [3.8, 4) is 0 Å². The average Bonchev–Trinajstić information content (AvgIpc) is 3.12. The standard InChI is InChI=1S/C16H23NO/c1-12(2)10-13-4-3-5-14(11-13)16(18)8-9-17-15-6-7-15/h3-5,11-12,15,17H,6-10H2,1-2H3. The Morgan fingerprint density at radius 3 is 2.83 bits per heavy atom. The molecule has 0 amide bonds. The lowest BCUT2D eigenvalue weighted by Gasteiger charge is -2.07. The Morgan fingerprint density at radius 1 is 1.39 bits per heavy atom. The molecule has 1 aliphatic carbocycles. The monoisotopic (exact) mass is 245 g/mol. The van der Waals surface area contributed by atoms with E-state index in [0.717, 1.165) is 18.5 Å². The molecule has 0 atom stereocenters. The van der Waals surface area contributed by atoms with E-state index in [0.29, 0.717) is 18.4 Å². The highest BCUT2D eigenvalue weighted by atomic mass is 16.1. The van der Waals surface area contributed by atoms with Crippen LogP contribution in [0.1, 0.15) is 49.0 Å². The quantitative estimate of drug-likeness (QED) is 0.747. The van der Waals surface area contributed by atoms with E-state index in [1.54, 1.807) is 0 Å². The van der Waals surface area contributed by atoms with Crippen LogP contribution in [0.15, 0.2) is 24.3 Å². The second-order valence-corrected chi connectivity index (χ2v) is 5.70. The molecule has 98 valence electrons. The van der Waals surface area contributed by atoms with E-state index in [4.69, 9.17) is 0 Å². The molecule has 0 saturated heterocycles. The fourth-order valence-electron chi connectivity index (χ4n) is 2.16. The zero-order valence-electron chi connectivity index (χ0n) is 11.4. The minimum Gasteiger partial charge on any atom is -0.314 e. The summed E-state index contributed by atoms with van der Waals surface area (Å²) in [5, 5.41) is 3.38. The third-order valence-electron chi connectivity index (χ3n) is 3.26. The Balaban J connectivity index is 1.87. The van der Waals surface area contributed by atoms with Gasteiger partial charge in [0.05, 0.1) is 0 Å². The molecule has 1 N–H and O–H groups in total. The van der Waals surface area contributed by atoms with Crippen LogP contribution in [0.5, 0.6) is 0 Å². The van der Waals surface area contributed by atoms with Crippen molar-refractivity contribution < 1.29 is 4.79 Å². The lowest BCUT2D eigenvalue weighted by atomic mass is 9.99. The maximum Gasteiger partial charge on any atom is 0.164 e. The first-order chi connectivity index (χ1) is 8.65. The fourth-order valence-corrected chi connectivity index (χ4v) is 2.16. The maximum atomic E-state index is 12.0. The van der Waals surface area contributed by atoms with Gasteiger partial charge in [0.1, 0.15) is 0 Å².